The molecule has 1 spiro atoms. The van der Waals surface area contributed by atoms with Gasteiger partial charge in [-0.25, -0.2) is 0 Å². The predicted octanol–water partition coefficient (Wildman–Crippen LogP) is 3.75. The molecule has 0 amide bonds. The van der Waals surface area contributed by atoms with Crippen LogP contribution in [0.3, 0.4) is 0 Å². The summed E-state index contributed by atoms with van der Waals surface area (Å²) >= 11 is 1.79. The van der Waals surface area contributed by atoms with Gasteiger partial charge in [0, 0.05) is 24.7 Å². The van der Waals surface area contributed by atoms with Crippen molar-refractivity contribution in [2.45, 2.75) is 58.7 Å². The molecule has 4 nitrogen and oxygen atoms in total. The van der Waals surface area contributed by atoms with E-state index in [2.05, 4.69) is 46.0 Å². The van der Waals surface area contributed by atoms with E-state index in [1.54, 1.807) is 11.3 Å². The average Bonchev–Trinajstić information content (AvgIpc) is 2.94. The van der Waals surface area contributed by atoms with E-state index in [0.29, 0.717) is 11.5 Å². The lowest BCUT2D eigenvalue weighted by Crippen LogP contribution is -2.36. The van der Waals surface area contributed by atoms with E-state index in [-0.39, 0.29) is 0 Å². The third-order valence-electron chi connectivity index (χ3n) is 5.91. The predicted molar refractivity (Wildman–Crippen MR) is 97.1 cm³/mol. The van der Waals surface area contributed by atoms with Crippen LogP contribution in [0.5, 0.6) is 0 Å². The number of hydrogen-bond donors (Lipinski definition) is 1. The van der Waals surface area contributed by atoms with Crippen molar-refractivity contribution < 1.29 is 4.52 Å². The molecule has 1 aliphatic heterocycles. The van der Waals surface area contributed by atoms with Crippen LogP contribution >= 0.6 is 11.3 Å². The standard InChI is InChI=1S/C19H27N3OS/c1-3-17-16(14(2)23-21-17)12-22(11-15-4-9-24-13-15)18-10-19(18)5-7-20-8-6-19/h4,9,13,18,20H,3,5-8,10-12H2,1-2H3/t18-/m0/s1. The second-order valence-electron chi connectivity index (χ2n) is 7.39. The fourth-order valence-electron chi connectivity index (χ4n) is 4.32. The summed E-state index contributed by atoms with van der Waals surface area (Å²) in [6.45, 7) is 8.57. The molecule has 2 aromatic heterocycles. The third kappa shape index (κ3) is 3.05. The first-order valence-electron chi connectivity index (χ1n) is 9.12. The smallest absolute Gasteiger partial charge is 0.138 e. The van der Waals surface area contributed by atoms with Crippen LogP contribution in [-0.4, -0.2) is 29.2 Å². The van der Waals surface area contributed by atoms with Crippen LogP contribution in [-0.2, 0) is 19.5 Å². The van der Waals surface area contributed by atoms with Crippen molar-refractivity contribution in [1.29, 1.82) is 0 Å². The van der Waals surface area contributed by atoms with Crippen molar-refractivity contribution in [3.8, 4) is 0 Å². The monoisotopic (exact) mass is 345 g/mol. The van der Waals surface area contributed by atoms with Crippen LogP contribution < -0.4 is 5.32 Å². The first kappa shape index (κ1) is 16.3. The molecule has 2 aromatic rings. The Bertz CT molecular complexity index is 673. The van der Waals surface area contributed by atoms with Gasteiger partial charge in [0.25, 0.3) is 0 Å². The summed E-state index contributed by atoms with van der Waals surface area (Å²) in [5.41, 5.74) is 4.42. The van der Waals surface area contributed by atoms with Gasteiger partial charge >= 0.3 is 0 Å². The highest BCUT2D eigenvalue weighted by Gasteiger charge is 2.56. The maximum atomic E-state index is 5.48. The summed E-state index contributed by atoms with van der Waals surface area (Å²) in [5, 5.41) is 12.2. The highest BCUT2D eigenvalue weighted by Crippen LogP contribution is 2.56. The summed E-state index contributed by atoms with van der Waals surface area (Å²) in [6.07, 6.45) is 4.94. The molecule has 0 bridgehead atoms. The van der Waals surface area contributed by atoms with E-state index in [0.717, 1.165) is 31.0 Å². The second kappa shape index (κ2) is 6.62. The molecule has 5 heteroatoms. The first-order valence-corrected chi connectivity index (χ1v) is 10.1. The number of aromatic nitrogens is 1. The maximum absolute atomic E-state index is 5.48. The number of aryl methyl sites for hydroxylation is 2. The molecule has 0 unspecified atom stereocenters. The van der Waals surface area contributed by atoms with Gasteiger partial charge in [0.2, 0.25) is 0 Å². The SMILES string of the molecule is CCc1noc(C)c1CN(Cc1ccsc1)[C@H]1CC12CCNCC2. The van der Waals surface area contributed by atoms with E-state index in [9.17, 15) is 0 Å². The van der Waals surface area contributed by atoms with Crippen LogP contribution in [0.4, 0.5) is 0 Å². The molecular formula is C19H27N3OS. The van der Waals surface area contributed by atoms with Crippen LogP contribution in [0, 0.1) is 12.3 Å². The second-order valence-corrected chi connectivity index (χ2v) is 8.17. The molecule has 1 atom stereocenters. The first-order chi connectivity index (χ1) is 11.7. The van der Waals surface area contributed by atoms with Crippen molar-refractivity contribution in [2.24, 2.45) is 5.41 Å². The Morgan fingerprint density at radius 1 is 1.38 bits per heavy atom. The largest absolute Gasteiger partial charge is 0.361 e. The molecular weight excluding hydrogens is 318 g/mol. The molecule has 2 fully saturated rings. The Balaban J connectivity index is 1.55. The minimum absolute atomic E-state index is 0.554. The number of thiophene rings is 1. The van der Waals surface area contributed by atoms with Crippen molar-refractivity contribution in [3.63, 3.8) is 0 Å². The lowest BCUT2D eigenvalue weighted by atomic mass is 9.93. The topological polar surface area (TPSA) is 41.3 Å². The molecule has 3 heterocycles. The zero-order valence-electron chi connectivity index (χ0n) is 14.7. The van der Waals surface area contributed by atoms with Gasteiger partial charge in [-0.1, -0.05) is 12.1 Å². The molecule has 1 N–H and O–H groups in total. The van der Waals surface area contributed by atoms with Crippen LogP contribution in [0.1, 0.15) is 48.8 Å². The normalized spacial score (nSPS) is 22.4. The van der Waals surface area contributed by atoms with Crippen LogP contribution in [0.2, 0.25) is 0 Å². The lowest BCUT2D eigenvalue weighted by Gasteiger charge is -2.29. The average molecular weight is 346 g/mol. The van der Waals surface area contributed by atoms with Crippen molar-refractivity contribution in [1.82, 2.24) is 15.4 Å². The number of piperidine rings is 1. The molecule has 24 heavy (non-hydrogen) atoms. The van der Waals surface area contributed by atoms with Gasteiger partial charge in [0.05, 0.1) is 5.69 Å². The molecule has 4 rings (SSSR count). The summed E-state index contributed by atoms with van der Waals surface area (Å²) in [5.74, 6) is 0.988. The van der Waals surface area contributed by atoms with Gasteiger partial charge in [0.15, 0.2) is 0 Å². The van der Waals surface area contributed by atoms with E-state index in [1.165, 1.54) is 43.5 Å². The fourth-order valence-corrected chi connectivity index (χ4v) is 4.98. The maximum Gasteiger partial charge on any atom is 0.138 e. The fraction of sp³-hybridized carbons (Fsp3) is 0.632. The van der Waals surface area contributed by atoms with Gasteiger partial charge in [-0.15, -0.1) is 0 Å². The highest BCUT2D eigenvalue weighted by atomic mass is 32.1. The van der Waals surface area contributed by atoms with E-state index < -0.39 is 0 Å². The zero-order chi connectivity index (χ0) is 16.6. The summed E-state index contributed by atoms with van der Waals surface area (Å²) in [6, 6.07) is 2.97. The third-order valence-corrected chi connectivity index (χ3v) is 6.65. The summed E-state index contributed by atoms with van der Waals surface area (Å²) in [4.78, 5) is 2.69. The van der Waals surface area contributed by atoms with Crippen molar-refractivity contribution >= 4 is 11.3 Å². The van der Waals surface area contributed by atoms with E-state index in [1.807, 2.05) is 0 Å². The molecule has 0 radical (unpaired) electrons. The summed E-state index contributed by atoms with van der Waals surface area (Å²) < 4.78 is 5.48. The quantitative estimate of drug-likeness (QED) is 0.866. The Labute approximate surface area is 148 Å². The molecule has 1 saturated heterocycles. The number of nitrogens with one attached hydrogen (secondary N) is 1. The molecule has 2 aliphatic rings. The highest BCUT2D eigenvalue weighted by molar-refractivity contribution is 7.07. The van der Waals surface area contributed by atoms with Crippen molar-refractivity contribution in [3.05, 3.63) is 39.4 Å². The lowest BCUT2D eigenvalue weighted by molar-refractivity contribution is 0.187. The zero-order valence-corrected chi connectivity index (χ0v) is 15.5. The number of hydrogen-bond acceptors (Lipinski definition) is 5. The Morgan fingerprint density at radius 2 is 2.21 bits per heavy atom. The molecule has 0 aromatic carbocycles. The van der Waals surface area contributed by atoms with Gasteiger partial charge in [0.1, 0.15) is 5.76 Å². The number of nitrogens with zero attached hydrogens (tertiary/aromatic N) is 2. The van der Waals surface area contributed by atoms with Crippen molar-refractivity contribution in [2.75, 3.05) is 13.1 Å². The minimum Gasteiger partial charge on any atom is -0.361 e. The van der Waals surface area contributed by atoms with Gasteiger partial charge < -0.3 is 9.84 Å². The van der Waals surface area contributed by atoms with Gasteiger partial charge in [-0.05, 0) is 73.5 Å². The van der Waals surface area contributed by atoms with E-state index in [4.69, 9.17) is 4.52 Å². The summed E-state index contributed by atoms with van der Waals surface area (Å²) in [7, 11) is 0. The Morgan fingerprint density at radius 3 is 2.92 bits per heavy atom. The Hall–Kier alpha value is -1.17. The Kier molecular flexibility index (Phi) is 4.50. The van der Waals surface area contributed by atoms with Gasteiger partial charge in [-0.2, -0.15) is 11.3 Å². The van der Waals surface area contributed by atoms with Crippen LogP contribution in [0.25, 0.3) is 0 Å². The molecule has 1 saturated carbocycles. The minimum atomic E-state index is 0.554. The van der Waals surface area contributed by atoms with E-state index >= 15 is 0 Å². The van der Waals surface area contributed by atoms with Crippen LogP contribution in [0.15, 0.2) is 21.3 Å². The molecule has 1 aliphatic carbocycles. The molecule has 130 valence electrons. The van der Waals surface area contributed by atoms with Gasteiger partial charge in [-0.3, -0.25) is 4.90 Å². The number of rotatable bonds is 6.